The van der Waals surface area contributed by atoms with Crippen LogP contribution in [0.3, 0.4) is 0 Å². The van der Waals surface area contributed by atoms with E-state index in [0.29, 0.717) is 19.1 Å². The van der Waals surface area contributed by atoms with E-state index in [0.717, 1.165) is 12.8 Å². The van der Waals surface area contributed by atoms with Crippen LogP contribution in [0.4, 0.5) is 0 Å². The molecular weight excluding hydrogens is 288 g/mol. The predicted molar refractivity (Wildman–Crippen MR) is 90.0 cm³/mol. The lowest BCUT2D eigenvalue weighted by Crippen LogP contribution is -2.37. The molecule has 2 amide bonds. The van der Waals surface area contributed by atoms with Crippen molar-refractivity contribution in [3.63, 3.8) is 0 Å². The highest BCUT2D eigenvalue weighted by atomic mass is 16.2. The highest BCUT2D eigenvalue weighted by Gasteiger charge is 2.42. The van der Waals surface area contributed by atoms with Crippen molar-refractivity contribution in [1.82, 2.24) is 10.2 Å². The first kappa shape index (κ1) is 16.0. The van der Waals surface area contributed by atoms with Gasteiger partial charge in [0.05, 0.1) is 5.92 Å². The van der Waals surface area contributed by atoms with Crippen molar-refractivity contribution in [2.24, 2.45) is 11.8 Å². The largest absolute Gasteiger partial charge is 0.353 e. The zero-order valence-electron chi connectivity index (χ0n) is 14.2. The van der Waals surface area contributed by atoms with Crippen LogP contribution in [0.25, 0.3) is 0 Å². The minimum Gasteiger partial charge on any atom is -0.353 e. The Hall–Kier alpha value is -1.84. The van der Waals surface area contributed by atoms with Gasteiger partial charge in [-0.15, -0.1) is 0 Å². The Morgan fingerprint density at radius 2 is 1.87 bits per heavy atom. The topological polar surface area (TPSA) is 49.4 Å². The molecule has 4 heteroatoms. The maximum Gasteiger partial charge on any atom is 0.225 e. The van der Waals surface area contributed by atoms with Gasteiger partial charge in [0.15, 0.2) is 0 Å². The number of amides is 2. The summed E-state index contributed by atoms with van der Waals surface area (Å²) >= 11 is 0. The van der Waals surface area contributed by atoms with E-state index >= 15 is 0 Å². The average molecular weight is 314 g/mol. The molecule has 23 heavy (non-hydrogen) atoms. The van der Waals surface area contributed by atoms with Gasteiger partial charge in [0.1, 0.15) is 0 Å². The maximum absolute atomic E-state index is 12.7. The lowest BCUT2D eigenvalue weighted by molar-refractivity contribution is -0.133. The average Bonchev–Trinajstić information content (AvgIpc) is 3.22. The van der Waals surface area contributed by atoms with E-state index in [1.807, 2.05) is 30.9 Å². The molecule has 1 aliphatic carbocycles. The van der Waals surface area contributed by atoms with Gasteiger partial charge in [-0.3, -0.25) is 9.59 Å². The monoisotopic (exact) mass is 314 g/mol. The molecule has 1 saturated carbocycles. The van der Waals surface area contributed by atoms with Gasteiger partial charge in [-0.05, 0) is 30.9 Å². The first-order valence-electron chi connectivity index (χ1n) is 8.62. The molecule has 1 aromatic rings. The van der Waals surface area contributed by atoms with Gasteiger partial charge >= 0.3 is 0 Å². The molecule has 124 valence electrons. The Morgan fingerprint density at radius 3 is 2.48 bits per heavy atom. The Balaban J connectivity index is 1.84. The number of rotatable bonds is 4. The molecule has 2 fully saturated rings. The minimum atomic E-state index is -0.139. The third-order valence-corrected chi connectivity index (χ3v) is 4.97. The van der Waals surface area contributed by atoms with E-state index in [9.17, 15) is 9.59 Å². The summed E-state index contributed by atoms with van der Waals surface area (Å²) in [4.78, 5) is 27.0. The third-order valence-electron chi connectivity index (χ3n) is 4.97. The van der Waals surface area contributed by atoms with Crippen LogP contribution in [0.15, 0.2) is 24.3 Å². The van der Waals surface area contributed by atoms with E-state index < -0.39 is 0 Å². The van der Waals surface area contributed by atoms with Gasteiger partial charge in [0.25, 0.3) is 0 Å². The first-order chi connectivity index (χ1) is 11.0. The van der Waals surface area contributed by atoms with Crippen LogP contribution in [0, 0.1) is 18.8 Å². The maximum atomic E-state index is 12.7. The quantitative estimate of drug-likeness (QED) is 0.928. The molecule has 0 radical (unpaired) electrons. The number of nitrogens with zero attached hydrogens (tertiary/aromatic N) is 1. The molecule has 0 bridgehead atoms. The Kier molecular flexibility index (Phi) is 4.42. The van der Waals surface area contributed by atoms with Gasteiger partial charge in [0.2, 0.25) is 11.8 Å². The summed E-state index contributed by atoms with van der Waals surface area (Å²) < 4.78 is 0. The Labute approximate surface area is 138 Å². The number of carbonyl (C=O) groups is 2. The number of hydrogen-bond acceptors (Lipinski definition) is 2. The summed E-state index contributed by atoms with van der Waals surface area (Å²) in [6.07, 6.45) is 2.17. The minimum absolute atomic E-state index is 0.0298. The highest BCUT2D eigenvalue weighted by molar-refractivity contribution is 5.84. The molecule has 3 rings (SSSR count). The van der Waals surface area contributed by atoms with Crippen LogP contribution < -0.4 is 5.32 Å². The van der Waals surface area contributed by atoms with Crippen LogP contribution in [0.1, 0.15) is 43.7 Å². The van der Waals surface area contributed by atoms with E-state index in [-0.39, 0.29) is 29.6 Å². The van der Waals surface area contributed by atoms with Crippen LogP contribution in [-0.2, 0) is 9.59 Å². The Morgan fingerprint density at radius 1 is 1.17 bits per heavy atom. The summed E-state index contributed by atoms with van der Waals surface area (Å²) in [6.45, 7) is 7.10. The lowest BCUT2D eigenvalue weighted by Gasteiger charge is -2.20. The fourth-order valence-electron chi connectivity index (χ4n) is 3.47. The van der Waals surface area contributed by atoms with Gasteiger partial charge in [-0.2, -0.15) is 0 Å². The fraction of sp³-hybridized carbons (Fsp3) is 0.579. The number of hydrogen-bond donors (Lipinski definition) is 1. The molecule has 1 heterocycles. The number of carbonyl (C=O) groups excluding carboxylic acids is 2. The predicted octanol–water partition coefficient (Wildman–Crippen LogP) is 2.47. The molecule has 1 aromatic carbocycles. The molecule has 0 unspecified atom stereocenters. The number of likely N-dealkylation sites (tertiary alicyclic amines) is 1. The molecule has 1 N–H and O–H groups in total. The zero-order valence-corrected chi connectivity index (χ0v) is 14.2. The van der Waals surface area contributed by atoms with Crippen molar-refractivity contribution in [2.75, 3.05) is 13.1 Å². The Bertz CT molecular complexity index is 607. The van der Waals surface area contributed by atoms with Crippen molar-refractivity contribution in [1.29, 1.82) is 0 Å². The second kappa shape index (κ2) is 6.34. The summed E-state index contributed by atoms with van der Waals surface area (Å²) in [5.74, 6) is 0.180. The van der Waals surface area contributed by atoms with E-state index in [2.05, 4.69) is 24.4 Å². The summed E-state index contributed by atoms with van der Waals surface area (Å²) in [6, 6.07) is 8.57. The van der Waals surface area contributed by atoms with E-state index in [1.165, 1.54) is 11.1 Å². The first-order valence-corrected chi connectivity index (χ1v) is 8.62. The summed E-state index contributed by atoms with van der Waals surface area (Å²) in [5.41, 5.74) is 2.39. The number of aryl methyl sites for hydroxylation is 1. The standard InChI is InChI=1S/C19H26N2O2/c1-12(2)19(23)21-10-16(15-7-5-4-6-13(15)3)17(11-21)18(22)20-14-8-9-14/h4-7,12,14,16-17H,8-11H2,1-3H3,(H,20,22)/t16-,17+/m0/s1. The second-order valence-corrected chi connectivity index (χ2v) is 7.25. The van der Waals surface area contributed by atoms with Crippen molar-refractivity contribution >= 4 is 11.8 Å². The SMILES string of the molecule is Cc1ccccc1[C@@H]1CN(C(=O)C(C)C)C[C@H]1C(=O)NC1CC1. The van der Waals surface area contributed by atoms with Crippen LogP contribution in [-0.4, -0.2) is 35.8 Å². The summed E-state index contributed by atoms with van der Waals surface area (Å²) in [7, 11) is 0. The molecule has 0 spiro atoms. The number of nitrogens with one attached hydrogen (secondary N) is 1. The second-order valence-electron chi connectivity index (χ2n) is 7.25. The van der Waals surface area contributed by atoms with Crippen LogP contribution >= 0.6 is 0 Å². The van der Waals surface area contributed by atoms with Gasteiger partial charge in [0, 0.05) is 31.0 Å². The summed E-state index contributed by atoms with van der Waals surface area (Å²) in [5, 5.41) is 3.13. The van der Waals surface area contributed by atoms with Crippen molar-refractivity contribution in [2.45, 2.75) is 45.6 Å². The van der Waals surface area contributed by atoms with Crippen molar-refractivity contribution in [3.05, 3.63) is 35.4 Å². The third kappa shape index (κ3) is 3.41. The molecule has 2 aliphatic rings. The zero-order chi connectivity index (χ0) is 16.6. The molecule has 1 saturated heterocycles. The van der Waals surface area contributed by atoms with E-state index in [1.54, 1.807) is 0 Å². The smallest absolute Gasteiger partial charge is 0.225 e. The van der Waals surface area contributed by atoms with Crippen LogP contribution in [0.5, 0.6) is 0 Å². The molecule has 0 aromatic heterocycles. The normalized spacial score (nSPS) is 24.1. The molecule has 1 aliphatic heterocycles. The van der Waals surface area contributed by atoms with E-state index in [4.69, 9.17) is 0 Å². The molecular formula is C19H26N2O2. The fourth-order valence-corrected chi connectivity index (χ4v) is 3.47. The molecule has 4 nitrogen and oxygen atoms in total. The van der Waals surface area contributed by atoms with Gasteiger partial charge in [-0.25, -0.2) is 0 Å². The van der Waals surface area contributed by atoms with Crippen molar-refractivity contribution < 1.29 is 9.59 Å². The van der Waals surface area contributed by atoms with Gasteiger partial charge < -0.3 is 10.2 Å². The number of benzene rings is 1. The van der Waals surface area contributed by atoms with Crippen LogP contribution in [0.2, 0.25) is 0 Å². The van der Waals surface area contributed by atoms with Gasteiger partial charge in [-0.1, -0.05) is 38.1 Å². The van der Waals surface area contributed by atoms with Crippen molar-refractivity contribution in [3.8, 4) is 0 Å². The molecule has 2 atom stereocenters. The lowest BCUT2D eigenvalue weighted by atomic mass is 9.86. The highest BCUT2D eigenvalue weighted by Crippen LogP contribution is 2.35.